The molecule has 1 aliphatic rings. The van der Waals surface area contributed by atoms with E-state index in [1.165, 1.54) is 6.07 Å². The number of fused-ring (bicyclic) bond motifs is 1. The fourth-order valence-corrected chi connectivity index (χ4v) is 3.59. The third kappa shape index (κ3) is 3.25. The molecule has 1 fully saturated rings. The second-order valence-corrected chi connectivity index (χ2v) is 6.54. The first-order valence-corrected chi connectivity index (χ1v) is 8.68. The van der Waals surface area contributed by atoms with E-state index in [-0.39, 0.29) is 5.82 Å². The van der Waals surface area contributed by atoms with E-state index in [9.17, 15) is 9.50 Å². The maximum atomic E-state index is 13.9. The van der Waals surface area contributed by atoms with Gasteiger partial charge in [-0.05, 0) is 18.2 Å². The van der Waals surface area contributed by atoms with Crippen LogP contribution in [0.25, 0.3) is 10.9 Å². The minimum Gasteiger partial charge on any atom is -0.387 e. The first-order chi connectivity index (χ1) is 12.2. The van der Waals surface area contributed by atoms with Gasteiger partial charge in [0, 0.05) is 55.4 Å². The van der Waals surface area contributed by atoms with E-state index in [1.54, 1.807) is 6.07 Å². The van der Waals surface area contributed by atoms with Crippen LogP contribution >= 0.6 is 0 Å². The van der Waals surface area contributed by atoms with Gasteiger partial charge < -0.3 is 15.0 Å². The van der Waals surface area contributed by atoms with E-state index >= 15 is 0 Å². The number of β-amino-alcohol motifs (C(OH)–C–C–N with tert-alkyl or cyclic N) is 1. The van der Waals surface area contributed by atoms with Crippen LogP contribution in [-0.4, -0.2) is 47.7 Å². The fraction of sp³-hybridized carbons (Fsp3) is 0.300. The van der Waals surface area contributed by atoms with Gasteiger partial charge in [-0.25, -0.2) is 4.39 Å². The second-order valence-electron chi connectivity index (χ2n) is 6.54. The van der Waals surface area contributed by atoms with Crippen molar-refractivity contribution in [2.45, 2.75) is 6.10 Å². The molecule has 4 nitrogen and oxygen atoms in total. The molecule has 0 unspecified atom stereocenters. The van der Waals surface area contributed by atoms with Crippen molar-refractivity contribution in [3.8, 4) is 0 Å². The Morgan fingerprint density at radius 3 is 2.52 bits per heavy atom. The Balaban J connectivity index is 1.39. The van der Waals surface area contributed by atoms with Gasteiger partial charge in [0.15, 0.2) is 0 Å². The normalized spacial score (nSPS) is 17.1. The number of aliphatic hydroxyl groups excluding tert-OH is 1. The Labute approximate surface area is 146 Å². The number of rotatable bonds is 4. The quantitative estimate of drug-likeness (QED) is 0.767. The Bertz CT molecular complexity index is 855. The van der Waals surface area contributed by atoms with Crippen LogP contribution in [0.2, 0.25) is 0 Å². The van der Waals surface area contributed by atoms with E-state index in [2.05, 4.69) is 14.8 Å². The first-order valence-electron chi connectivity index (χ1n) is 8.68. The monoisotopic (exact) mass is 339 g/mol. The SMILES string of the molecule is O[C@H](CN1CCN(c2ccccc2F)CC1)c1c[nH]c2ccccc12. The molecule has 0 bridgehead atoms. The maximum absolute atomic E-state index is 13.9. The number of nitrogens with one attached hydrogen (secondary N) is 1. The average Bonchev–Trinajstić information content (AvgIpc) is 3.07. The number of nitrogens with zero attached hydrogens (tertiary/aromatic N) is 2. The van der Waals surface area contributed by atoms with Crippen LogP contribution in [0.15, 0.2) is 54.7 Å². The van der Waals surface area contributed by atoms with Gasteiger partial charge in [0.2, 0.25) is 0 Å². The lowest BCUT2D eigenvalue weighted by molar-refractivity contribution is 0.110. The van der Waals surface area contributed by atoms with Crippen LogP contribution in [0.3, 0.4) is 0 Å². The van der Waals surface area contributed by atoms with Crippen LogP contribution in [-0.2, 0) is 0 Å². The van der Waals surface area contributed by atoms with Crippen molar-refractivity contribution in [1.29, 1.82) is 0 Å². The van der Waals surface area contributed by atoms with Crippen molar-refractivity contribution in [2.75, 3.05) is 37.6 Å². The lowest BCUT2D eigenvalue weighted by Crippen LogP contribution is -2.47. The van der Waals surface area contributed by atoms with Crippen molar-refractivity contribution >= 4 is 16.6 Å². The van der Waals surface area contributed by atoms with Crippen molar-refractivity contribution in [1.82, 2.24) is 9.88 Å². The van der Waals surface area contributed by atoms with Gasteiger partial charge in [-0.3, -0.25) is 4.90 Å². The third-order valence-corrected chi connectivity index (χ3v) is 4.98. The molecule has 25 heavy (non-hydrogen) atoms. The van der Waals surface area contributed by atoms with Gasteiger partial charge in [-0.2, -0.15) is 0 Å². The summed E-state index contributed by atoms with van der Waals surface area (Å²) in [5.41, 5.74) is 2.65. The van der Waals surface area contributed by atoms with E-state index in [0.29, 0.717) is 12.2 Å². The fourth-order valence-electron chi connectivity index (χ4n) is 3.59. The minimum absolute atomic E-state index is 0.172. The molecule has 0 saturated carbocycles. The number of aromatic nitrogens is 1. The number of aromatic amines is 1. The molecular formula is C20H22FN3O. The van der Waals surface area contributed by atoms with Crippen LogP contribution < -0.4 is 4.90 Å². The zero-order valence-corrected chi connectivity index (χ0v) is 14.0. The highest BCUT2D eigenvalue weighted by molar-refractivity contribution is 5.83. The molecule has 3 aromatic rings. The predicted molar refractivity (Wildman–Crippen MR) is 98.3 cm³/mol. The summed E-state index contributed by atoms with van der Waals surface area (Å²) in [6.45, 7) is 3.75. The van der Waals surface area contributed by atoms with Gasteiger partial charge in [0.25, 0.3) is 0 Å². The highest BCUT2D eigenvalue weighted by Gasteiger charge is 2.22. The van der Waals surface area contributed by atoms with Crippen LogP contribution in [0.4, 0.5) is 10.1 Å². The van der Waals surface area contributed by atoms with E-state index < -0.39 is 6.10 Å². The molecular weight excluding hydrogens is 317 g/mol. The maximum Gasteiger partial charge on any atom is 0.146 e. The van der Waals surface area contributed by atoms with Gasteiger partial charge in [-0.1, -0.05) is 30.3 Å². The molecule has 130 valence electrons. The molecule has 0 radical (unpaired) electrons. The molecule has 1 saturated heterocycles. The smallest absolute Gasteiger partial charge is 0.146 e. The molecule has 0 spiro atoms. The topological polar surface area (TPSA) is 42.5 Å². The molecule has 2 N–H and O–H groups in total. The third-order valence-electron chi connectivity index (χ3n) is 4.98. The van der Waals surface area contributed by atoms with Crippen LogP contribution in [0.5, 0.6) is 0 Å². The van der Waals surface area contributed by atoms with Crippen LogP contribution in [0, 0.1) is 5.82 Å². The number of aliphatic hydroxyl groups is 1. The number of halogens is 1. The number of anilines is 1. The lowest BCUT2D eigenvalue weighted by atomic mass is 10.1. The van der Waals surface area contributed by atoms with Crippen LogP contribution in [0.1, 0.15) is 11.7 Å². The van der Waals surface area contributed by atoms with Crippen molar-refractivity contribution < 1.29 is 9.50 Å². The van der Waals surface area contributed by atoms with Gasteiger partial charge in [0.1, 0.15) is 5.82 Å². The number of benzene rings is 2. The van der Waals surface area contributed by atoms with Crippen molar-refractivity contribution in [3.63, 3.8) is 0 Å². The molecule has 4 rings (SSSR count). The average molecular weight is 339 g/mol. The van der Waals surface area contributed by atoms with Gasteiger partial charge in [-0.15, -0.1) is 0 Å². The molecule has 1 aromatic heterocycles. The zero-order chi connectivity index (χ0) is 17.2. The molecule has 1 atom stereocenters. The lowest BCUT2D eigenvalue weighted by Gasteiger charge is -2.37. The highest BCUT2D eigenvalue weighted by atomic mass is 19.1. The Morgan fingerprint density at radius 1 is 1.00 bits per heavy atom. The van der Waals surface area contributed by atoms with Crippen molar-refractivity contribution in [3.05, 3.63) is 66.1 Å². The Kier molecular flexibility index (Phi) is 4.42. The molecule has 0 aliphatic carbocycles. The number of H-pyrrole nitrogens is 1. The molecule has 2 heterocycles. The molecule has 2 aromatic carbocycles. The second kappa shape index (κ2) is 6.86. The Morgan fingerprint density at radius 2 is 1.72 bits per heavy atom. The summed E-state index contributed by atoms with van der Waals surface area (Å²) >= 11 is 0. The molecule has 5 heteroatoms. The Hall–Kier alpha value is -2.37. The first kappa shape index (κ1) is 16.1. The number of hydrogen-bond donors (Lipinski definition) is 2. The number of hydrogen-bond acceptors (Lipinski definition) is 3. The van der Waals surface area contributed by atoms with Gasteiger partial charge in [0.05, 0.1) is 11.8 Å². The van der Waals surface area contributed by atoms with E-state index in [1.807, 2.05) is 42.6 Å². The largest absolute Gasteiger partial charge is 0.387 e. The number of para-hydroxylation sites is 2. The molecule has 0 amide bonds. The summed E-state index contributed by atoms with van der Waals surface area (Å²) in [5.74, 6) is -0.172. The summed E-state index contributed by atoms with van der Waals surface area (Å²) in [7, 11) is 0. The summed E-state index contributed by atoms with van der Waals surface area (Å²) in [6.07, 6.45) is 1.36. The zero-order valence-electron chi connectivity index (χ0n) is 14.0. The summed E-state index contributed by atoms with van der Waals surface area (Å²) in [4.78, 5) is 7.53. The van der Waals surface area contributed by atoms with Gasteiger partial charge >= 0.3 is 0 Å². The predicted octanol–water partition coefficient (Wildman–Crippen LogP) is 3.16. The summed E-state index contributed by atoms with van der Waals surface area (Å²) in [5, 5.41) is 11.7. The van der Waals surface area contributed by atoms with E-state index in [0.717, 1.165) is 42.6 Å². The standard InChI is InChI=1S/C20H22FN3O/c21-17-6-2-4-8-19(17)24-11-9-23(10-12-24)14-20(25)16-13-22-18-7-3-1-5-15(16)18/h1-8,13,20,22,25H,9-12,14H2/t20-/m1/s1. The molecule has 1 aliphatic heterocycles. The van der Waals surface area contributed by atoms with Crippen molar-refractivity contribution in [2.24, 2.45) is 0 Å². The number of piperazine rings is 1. The highest BCUT2D eigenvalue weighted by Crippen LogP contribution is 2.25. The summed E-state index contributed by atoms with van der Waals surface area (Å²) < 4.78 is 13.9. The minimum atomic E-state index is -0.531. The summed E-state index contributed by atoms with van der Waals surface area (Å²) in [6, 6.07) is 14.9. The van der Waals surface area contributed by atoms with E-state index in [4.69, 9.17) is 0 Å².